The van der Waals surface area contributed by atoms with Crippen LogP contribution in [-0.2, 0) is 31.9 Å². The number of imidazole rings is 1. The van der Waals surface area contributed by atoms with E-state index in [1.165, 1.54) is 11.1 Å². The molecule has 5 heteroatoms. The van der Waals surface area contributed by atoms with E-state index in [4.69, 9.17) is 4.98 Å². The van der Waals surface area contributed by atoms with Gasteiger partial charge >= 0.3 is 0 Å². The zero-order valence-corrected chi connectivity index (χ0v) is 31.0. The quantitative estimate of drug-likeness (QED) is 0.176. The number of hydrogen-bond acceptors (Lipinski definition) is 3. The van der Waals surface area contributed by atoms with Gasteiger partial charge in [-0.05, 0) is 63.9 Å². The van der Waals surface area contributed by atoms with Gasteiger partial charge in [0.05, 0.1) is 16.6 Å². The van der Waals surface area contributed by atoms with Crippen molar-refractivity contribution in [2.45, 2.75) is 52.4 Å². The third kappa shape index (κ3) is 6.76. The van der Waals surface area contributed by atoms with Crippen molar-refractivity contribution in [3.63, 3.8) is 0 Å². The first kappa shape index (κ1) is 34.1. The molecule has 0 fully saturated rings. The van der Waals surface area contributed by atoms with Crippen LogP contribution in [-0.4, -0.2) is 19.6 Å². The van der Waals surface area contributed by atoms with Crippen LogP contribution in [0.2, 0.25) is 0 Å². The number of aromatic nitrogens is 3. The summed E-state index contributed by atoms with van der Waals surface area (Å²) < 4.78 is 2.18. The molecular formula is C44H40N3OPt-. The molecular weight excluding hydrogens is 782 g/mol. The summed E-state index contributed by atoms with van der Waals surface area (Å²) in [6.45, 7) is 13.4. The Morgan fingerprint density at radius 1 is 0.612 bits per heavy atom. The monoisotopic (exact) mass is 821 g/mol. The van der Waals surface area contributed by atoms with E-state index in [2.05, 4.69) is 112 Å². The van der Waals surface area contributed by atoms with E-state index >= 15 is 0 Å². The van der Waals surface area contributed by atoms with Crippen LogP contribution in [0.4, 0.5) is 0 Å². The number of para-hydroxylation sites is 1. The number of benzene rings is 5. The van der Waals surface area contributed by atoms with Crippen molar-refractivity contribution in [1.29, 1.82) is 0 Å². The van der Waals surface area contributed by atoms with Crippen LogP contribution < -0.4 is 0 Å². The van der Waals surface area contributed by atoms with Gasteiger partial charge in [0, 0.05) is 38.6 Å². The summed E-state index contributed by atoms with van der Waals surface area (Å²) in [7, 11) is 0. The number of rotatable bonds is 5. The Kier molecular flexibility index (Phi) is 9.22. The molecule has 49 heavy (non-hydrogen) atoms. The number of fused-ring (bicyclic) bond motifs is 1. The number of hydrogen-bond donors (Lipinski definition) is 1. The summed E-state index contributed by atoms with van der Waals surface area (Å²) in [6, 6.07) is 45.0. The average Bonchev–Trinajstić information content (AvgIpc) is 3.47. The molecule has 5 aromatic carbocycles. The summed E-state index contributed by atoms with van der Waals surface area (Å²) in [5, 5.41) is 11.6. The Balaban J connectivity index is 0.00000417. The molecule has 0 aliphatic heterocycles. The minimum absolute atomic E-state index is 0. The molecule has 0 spiro atoms. The van der Waals surface area contributed by atoms with Crippen LogP contribution in [0.5, 0.6) is 5.75 Å². The Morgan fingerprint density at radius 3 is 1.88 bits per heavy atom. The van der Waals surface area contributed by atoms with E-state index in [0.717, 1.165) is 50.2 Å². The van der Waals surface area contributed by atoms with E-state index in [-0.39, 0.29) is 37.6 Å². The molecule has 7 rings (SSSR count). The normalized spacial score (nSPS) is 11.8. The van der Waals surface area contributed by atoms with Crippen molar-refractivity contribution in [2.75, 3.05) is 0 Å². The van der Waals surface area contributed by atoms with Crippen LogP contribution in [0.25, 0.3) is 61.6 Å². The maximum absolute atomic E-state index is 11.6. The fourth-order valence-electron chi connectivity index (χ4n) is 6.17. The van der Waals surface area contributed by atoms with Crippen LogP contribution in [0, 0.1) is 6.07 Å². The van der Waals surface area contributed by atoms with Gasteiger partial charge in [0.15, 0.2) is 0 Å². The number of aromatic hydroxyl groups is 1. The number of pyridine rings is 1. The van der Waals surface area contributed by atoms with Crippen molar-refractivity contribution in [2.24, 2.45) is 0 Å². The molecule has 2 heterocycles. The van der Waals surface area contributed by atoms with E-state index in [0.29, 0.717) is 11.4 Å². The van der Waals surface area contributed by atoms with Crippen molar-refractivity contribution in [3.8, 4) is 56.3 Å². The van der Waals surface area contributed by atoms with E-state index in [1.807, 2.05) is 72.9 Å². The number of nitrogens with zero attached hydrogens (tertiary/aromatic N) is 3. The first-order chi connectivity index (χ1) is 23.0. The standard InChI is InChI=1S/C44H40N3O.Pt/c1-43(2,3)33-24-31(23-32(25-33)38-19-13-14-22-45-38)37-27-34(44(4,5)6)28-39-41(37)46-42(47(39)35-17-11-8-12-18-35)36-21-20-30(26-40(36)48)29-15-9-7-10-16-29;/h7-22,24-28,48H,1-6H3;/q-1;. The first-order valence-corrected chi connectivity index (χ1v) is 16.5. The third-order valence-electron chi connectivity index (χ3n) is 8.95. The van der Waals surface area contributed by atoms with Crippen LogP contribution in [0.15, 0.2) is 128 Å². The van der Waals surface area contributed by atoms with Crippen molar-refractivity contribution >= 4 is 11.0 Å². The molecule has 0 saturated heterocycles. The molecule has 0 aliphatic rings. The second-order valence-corrected chi connectivity index (χ2v) is 14.5. The fourth-order valence-corrected chi connectivity index (χ4v) is 6.17. The van der Waals surface area contributed by atoms with Crippen molar-refractivity contribution in [1.82, 2.24) is 14.5 Å². The van der Waals surface area contributed by atoms with Crippen molar-refractivity contribution in [3.05, 3.63) is 145 Å². The summed E-state index contributed by atoms with van der Waals surface area (Å²) in [4.78, 5) is 10.1. The van der Waals surface area contributed by atoms with Gasteiger partial charge in [-0.3, -0.25) is 9.55 Å². The molecule has 0 unspecified atom stereocenters. The zero-order valence-electron chi connectivity index (χ0n) is 28.7. The van der Waals surface area contributed by atoms with Crippen LogP contribution >= 0.6 is 0 Å². The summed E-state index contributed by atoms with van der Waals surface area (Å²) in [6.07, 6.45) is 1.83. The molecule has 0 aliphatic carbocycles. The van der Waals surface area contributed by atoms with Gasteiger partial charge in [-0.15, -0.1) is 29.3 Å². The molecule has 0 atom stereocenters. The molecule has 0 saturated carbocycles. The van der Waals surface area contributed by atoms with E-state index in [1.54, 1.807) is 0 Å². The molecule has 1 N–H and O–H groups in total. The predicted molar refractivity (Wildman–Crippen MR) is 199 cm³/mol. The molecule has 248 valence electrons. The number of phenolic OH excluding ortho intramolecular Hbond substituents is 1. The van der Waals surface area contributed by atoms with Gasteiger partial charge in [0.1, 0.15) is 11.6 Å². The van der Waals surface area contributed by atoms with E-state index < -0.39 is 0 Å². The number of phenols is 1. The van der Waals surface area contributed by atoms with Crippen LogP contribution in [0.3, 0.4) is 0 Å². The minimum atomic E-state index is -0.139. The fraction of sp³-hybridized carbons (Fsp3) is 0.182. The second-order valence-electron chi connectivity index (χ2n) is 14.5. The Bertz CT molecular complexity index is 2240. The summed E-state index contributed by atoms with van der Waals surface area (Å²) in [5.41, 5.74) is 11.4. The topological polar surface area (TPSA) is 50.9 Å². The zero-order chi connectivity index (χ0) is 33.6. The maximum atomic E-state index is 11.6. The van der Waals surface area contributed by atoms with Gasteiger partial charge in [0.2, 0.25) is 0 Å². The Morgan fingerprint density at radius 2 is 1.24 bits per heavy atom. The molecule has 4 nitrogen and oxygen atoms in total. The Hall–Kier alpha value is -4.79. The molecule has 0 bridgehead atoms. The van der Waals surface area contributed by atoms with E-state index in [9.17, 15) is 5.11 Å². The van der Waals surface area contributed by atoms with Gasteiger partial charge in [-0.2, -0.15) is 0 Å². The largest absolute Gasteiger partial charge is 0.507 e. The smallest absolute Gasteiger partial charge is 0.148 e. The molecule has 2 aromatic heterocycles. The van der Waals surface area contributed by atoms with Crippen LogP contribution in [0.1, 0.15) is 52.7 Å². The third-order valence-corrected chi connectivity index (χ3v) is 8.95. The SMILES string of the molecule is CC(C)(C)c1cc(-c2ccccn2)[c-]c(-c2cc(C(C)(C)C)cc3c2nc(-c2ccc(-c4ccccc4)cc2O)n3-c2ccccc2)c1.[Pt]. The molecule has 0 radical (unpaired) electrons. The maximum Gasteiger partial charge on any atom is 0.148 e. The molecule has 7 aromatic rings. The molecule has 0 amide bonds. The predicted octanol–water partition coefficient (Wildman–Crippen LogP) is 11.2. The van der Waals surface area contributed by atoms with Crippen molar-refractivity contribution < 1.29 is 26.2 Å². The minimum Gasteiger partial charge on any atom is -0.507 e. The first-order valence-electron chi connectivity index (χ1n) is 16.5. The van der Waals surface area contributed by atoms with Gasteiger partial charge < -0.3 is 5.11 Å². The summed E-state index contributed by atoms with van der Waals surface area (Å²) >= 11 is 0. The van der Waals surface area contributed by atoms with Gasteiger partial charge in [-0.1, -0.05) is 125 Å². The summed E-state index contributed by atoms with van der Waals surface area (Å²) in [5.74, 6) is 0.859. The van der Waals surface area contributed by atoms with Gasteiger partial charge in [0.25, 0.3) is 0 Å². The van der Waals surface area contributed by atoms with Gasteiger partial charge in [-0.25, -0.2) is 4.98 Å². The second kappa shape index (κ2) is 13.3. The average molecular weight is 822 g/mol. The Labute approximate surface area is 303 Å².